The van der Waals surface area contributed by atoms with Gasteiger partial charge in [-0.15, -0.1) is 0 Å². The van der Waals surface area contributed by atoms with Gasteiger partial charge in [0, 0.05) is 18.0 Å². The molecule has 1 aromatic heterocycles. The number of aryl methyl sites for hydroxylation is 1. The van der Waals surface area contributed by atoms with Crippen molar-refractivity contribution in [1.29, 1.82) is 0 Å². The lowest BCUT2D eigenvalue weighted by molar-refractivity contribution is 0.101. The molecule has 5 heteroatoms. The summed E-state index contributed by atoms with van der Waals surface area (Å²) in [5.74, 6) is 1.33. The summed E-state index contributed by atoms with van der Waals surface area (Å²) in [5.41, 5.74) is 6.61. The van der Waals surface area contributed by atoms with E-state index in [-0.39, 0.29) is 5.78 Å². The van der Waals surface area contributed by atoms with Gasteiger partial charge in [0.2, 0.25) is 5.88 Å². The maximum atomic E-state index is 11.5. The van der Waals surface area contributed by atoms with E-state index in [9.17, 15) is 4.79 Å². The number of aromatic nitrogens is 2. The maximum absolute atomic E-state index is 11.5. The minimum absolute atomic E-state index is 0.108. The summed E-state index contributed by atoms with van der Waals surface area (Å²) < 4.78 is 5.58. The van der Waals surface area contributed by atoms with E-state index in [2.05, 4.69) is 9.97 Å². The van der Waals surface area contributed by atoms with Crippen molar-refractivity contribution in [2.75, 3.05) is 5.73 Å². The molecule has 2 N–H and O–H groups in total. The van der Waals surface area contributed by atoms with E-state index in [1.807, 2.05) is 0 Å². The number of carbonyl (C=O) groups excluding carboxylic acids is 1. The Morgan fingerprint density at radius 2 is 2.11 bits per heavy atom. The van der Waals surface area contributed by atoms with Crippen LogP contribution in [0.2, 0.25) is 0 Å². The average molecular weight is 243 g/mol. The first kappa shape index (κ1) is 12.0. The Labute approximate surface area is 105 Å². The number of carbonyl (C=O) groups is 1. The number of ether oxygens (including phenoxy) is 1. The Balaban J connectivity index is 2.37. The second-order valence-electron chi connectivity index (χ2n) is 3.86. The lowest BCUT2D eigenvalue weighted by Crippen LogP contribution is -2.00. The molecule has 1 heterocycles. The molecule has 0 aliphatic heterocycles. The summed E-state index contributed by atoms with van der Waals surface area (Å²) in [6.07, 6.45) is 1.60. The van der Waals surface area contributed by atoms with E-state index in [1.54, 1.807) is 37.4 Å². The van der Waals surface area contributed by atoms with Crippen molar-refractivity contribution in [2.24, 2.45) is 0 Å². The molecule has 0 atom stereocenters. The second-order valence-corrected chi connectivity index (χ2v) is 3.86. The summed E-state index contributed by atoms with van der Waals surface area (Å²) >= 11 is 0. The van der Waals surface area contributed by atoms with Gasteiger partial charge in [0.15, 0.2) is 5.78 Å². The van der Waals surface area contributed by atoms with Crippen LogP contribution >= 0.6 is 0 Å². The molecule has 0 amide bonds. The predicted molar refractivity (Wildman–Crippen MR) is 67.7 cm³/mol. The highest BCUT2D eigenvalue weighted by Gasteiger charge is 2.10. The van der Waals surface area contributed by atoms with E-state index in [0.29, 0.717) is 28.7 Å². The van der Waals surface area contributed by atoms with Gasteiger partial charge in [-0.2, -0.15) is 4.98 Å². The molecule has 0 saturated heterocycles. The fourth-order valence-corrected chi connectivity index (χ4v) is 1.52. The van der Waals surface area contributed by atoms with Crippen molar-refractivity contribution >= 4 is 11.5 Å². The quantitative estimate of drug-likeness (QED) is 0.661. The Morgan fingerprint density at radius 1 is 1.33 bits per heavy atom. The molecule has 18 heavy (non-hydrogen) atoms. The molecule has 0 spiro atoms. The van der Waals surface area contributed by atoms with Crippen LogP contribution in [0.4, 0.5) is 5.69 Å². The van der Waals surface area contributed by atoms with Crippen LogP contribution in [0.25, 0.3) is 0 Å². The maximum Gasteiger partial charge on any atom is 0.222 e. The van der Waals surface area contributed by atoms with Crippen LogP contribution in [0, 0.1) is 6.92 Å². The largest absolute Gasteiger partial charge is 0.438 e. The van der Waals surface area contributed by atoms with Crippen molar-refractivity contribution in [2.45, 2.75) is 13.8 Å². The first-order valence-electron chi connectivity index (χ1n) is 5.44. The molecule has 0 aliphatic rings. The highest BCUT2D eigenvalue weighted by atomic mass is 16.5. The minimum atomic E-state index is -0.108. The van der Waals surface area contributed by atoms with E-state index in [0.717, 1.165) is 0 Å². The Morgan fingerprint density at radius 3 is 2.78 bits per heavy atom. The van der Waals surface area contributed by atoms with Gasteiger partial charge in [0.25, 0.3) is 0 Å². The lowest BCUT2D eigenvalue weighted by Gasteiger charge is -2.09. The van der Waals surface area contributed by atoms with Gasteiger partial charge in [-0.05, 0) is 32.0 Å². The van der Waals surface area contributed by atoms with Crippen LogP contribution in [0.1, 0.15) is 23.1 Å². The molecule has 5 nitrogen and oxygen atoms in total. The summed E-state index contributed by atoms with van der Waals surface area (Å²) in [5, 5.41) is 0. The SMILES string of the molecule is CC(=O)c1cc(N)ccc1Oc1ccnc(C)n1. The van der Waals surface area contributed by atoms with E-state index in [1.165, 1.54) is 6.92 Å². The number of rotatable bonds is 3. The summed E-state index contributed by atoms with van der Waals surface area (Å²) in [4.78, 5) is 19.6. The van der Waals surface area contributed by atoms with Gasteiger partial charge in [-0.1, -0.05) is 0 Å². The van der Waals surface area contributed by atoms with Crippen LogP contribution in [-0.2, 0) is 0 Å². The number of Topliss-reactive ketones (excluding diaryl/α,β-unsaturated/α-hetero) is 1. The molecule has 0 aliphatic carbocycles. The zero-order valence-electron chi connectivity index (χ0n) is 10.2. The number of nitrogens with two attached hydrogens (primary N) is 1. The third-order valence-electron chi connectivity index (χ3n) is 2.35. The van der Waals surface area contributed by atoms with Crippen LogP contribution in [0.5, 0.6) is 11.6 Å². The molecular formula is C13H13N3O2. The molecule has 0 bridgehead atoms. The average Bonchev–Trinajstić information content (AvgIpc) is 2.31. The Bertz CT molecular complexity index is 597. The molecule has 0 radical (unpaired) electrons. The summed E-state index contributed by atoms with van der Waals surface area (Å²) in [6, 6.07) is 6.55. The Kier molecular flexibility index (Phi) is 3.23. The molecular weight excluding hydrogens is 230 g/mol. The fourth-order valence-electron chi connectivity index (χ4n) is 1.52. The van der Waals surface area contributed by atoms with Gasteiger partial charge in [0.1, 0.15) is 11.6 Å². The van der Waals surface area contributed by atoms with Gasteiger partial charge in [-0.25, -0.2) is 4.98 Å². The third-order valence-corrected chi connectivity index (χ3v) is 2.35. The zero-order valence-corrected chi connectivity index (χ0v) is 10.2. The van der Waals surface area contributed by atoms with Crippen molar-refractivity contribution in [1.82, 2.24) is 9.97 Å². The number of hydrogen-bond acceptors (Lipinski definition) is 5. The predicted octanol–water partition coefficient (Wildman–Crippen LogP) is 2.36. The first-order valence-corrected chi connectivity index (χ1v) is 5.44. The van der Waals surface area contributed by atoms with Gasteiger partial charge >= 0.3 is 0 Å². The number of hydrogen-bond donors (Lipinski definition) is 1. The van der Waals surface area contributed by atoms with Gasteiger partial charge < -0.3 is 10.5 Å². The van der Waals surface area contributed by atoms with Crippen molar-refractivity contribution in [3.63, 3.8) is 0 Å². The number of anilines is 1. The van der Waals surface area contributed by atoms with Crippen molar-refractivity contribution < 1.29 is 9.53 Å². The number of benzene rings is 1. The van der Waals surface area contributed by atoms with Crippen LogP contribution in [0.15, 0.2) is 30.5 Å². The van der Waals surface area contributed by atoms with E-state index >= 15 is 0 Å². The molecule has 2 rings (SSSR count). The molecule has 92 valence electrons. The number of nitrogens with zero attached hydrogens (tertiary/aromatic N) is 2. The van der Waals surface area contributed by atoms with Gasteiger partial charge in [0.05, 0.1) is 5.56 Å². The van der Waals surface area contributed by atoms with Crippen LogP contribution in [-0.4, -0.2) is 15.8 Å². The van der Waals surface area contributed by atoms with Crippen LogP contribution in [0.3, 0.4) is 0 Å². The fraction of sp³-hybridized carbons (Fsp3) is 0.154. The molecule has 0 unspecified atom stereocenters. The highest BCUT2D eigenvalue weighted by molar-refractivity contribution is 5.97. The first-order chi connectivity index (χ1) is 8.56. The lowest BCUT2D eigenvalue weighted by atomic mass is 10.1. The molecule has 0 fully saturated rings. The molecule has 2 aromatic rings. The molecule has 1 aromatic carbocycles. The van der Waals surface area contributed by atoms with Crippen molar-refractivity contribution in [3.05, 3.63) is 41.9 Å². The van der Waals surface area contributed by atoms with E-state index < -0.39 is 0 Å². The second kappa shape index (κ2) is 4.83. The van der Waals surface area contributed by atoms with Crippen LogP contribution < -0.4 is 10.5 Å². The van der Waals surface area contributed by atoms with Gasteiger partial charge in [-0.3, -0.25) is 4.79 Å². The summed E-state index contributed by atoms with van der Waals surface area (Å²) in [6.45, 7) is 3.23. The minimum Gasteiger partial charge on any atom is -0.438 e. The number of ketones is 1. The molecule has 0 saturated carbocycles. The van der Waals surface area contributed by atoms with E-state index in [4.69, 9.17) is 10.5 Å². The summed E-state index contributed by atoms with van der Waals surface area (Å²) in [7, 11) is 0. The third kappa shape index (κ3) is 2.63. The topological polar surface area (TPSA) is 78.1 Å². The zero-order chi connectivity index (χ0) is 13.1. The normalized spacial score (nSPS) is 10.1. The number of nitrogen functional groups attached to an aromatic ring is 1. The standard InChI is InChI=1S/C13H13N3O2/c1-8(17)11-7-10(14)3-4-12(11)18-13-5-6-15-9(2)16-13/h3-7H,14H2,1-2H3. The smallest absolute Gasteiger partial charge is 0.222 e. The van der Waals surface area contributed by atoms with Crippen molar-refractivity contribution in [3.8, 4) is 11.6 Å². The monoisotopic (exact) mass is 243 g/mol. The Hall–Kier alpha value is -2.43. The highest BCUT2D eigenvalue weighted by Crippen LogP contribution is 2.26.